The first-order valence-corrected chi connectivity index (χ1v) is 10.6. The standard InChI is InChI=1S/C25H17ClFN3O5/c26-16-10-11-21(35-14-22(31)28-20-9-5-4-8-19(20)27)15(12-16)13-18-23(32)29-25(34)30(24(18)33)17-6-2-1-3-7-17/h1-13H,14H2,(H,28,31)(H,29,32,34)/b18-13-. The molecule has 35 heavy (non-hydrogen) atoms. The van der Waals surface area contributed by atoms with Gasteiger partial charge in [0.1, 0.15) is 17.1 Å². The molecule has 0 radical (unpaired) electrons. The number of urea groups is 1. The van der Waals surface area contributed by atoms with Gasteiger partial charge in [-0.3, -0.25) is 19.7 Å². The molecule has 3 aromatic rings. The van der Waals surface area contributed by atoms with Crippen LogP contribution >= 0.6 is 11.6 Å². The molecule has 5 amide bonds. The van der Waals surface area contributed by atoms with Crippen LogP contribution in [0.25, 0.3) is 6.08 Å². The van der Waals surface area contributed by atoms with Gasteiger partial charge in [-0.2, -0.15) is 0 Å². The molecule has 0 bridgehead atoms. The maximum atomic E-state index is 13.8. The minimum Gasteiger partial charge on any atom is -0.483 e. The zero-order valence-electron chi connectivity index (χ0n) is 18.0. The smallest absolute Gasteiger partial charge is 0.335 e. The Labute approximate surface area is 203 Å². The second-order valence-electron chi connectivity index (χ2n) is 7.29. The number of hydrogen-bond acceptors (Lipinski definition) is 5. The van der Waals surface area contributed by atoms with Crippen molar-refractivity contribution in [1.82, 2.24) is 5.32 Å². The van der Waals surface area contributed by atoms with E-state index in [1.54, 1.807) is 36.4 Å². The molecule has 2 N–H and O–H groups in total. The van der Waals surface area contributed by atoms with Crippen molar-refractivity contribution < 1.29 is 28.3 Å². The van der Waals surface area contributed by atoms with Gasteiger partial charge in [0.2, 0.25) is 0 Å². The number of halogens is 2. The van der Waals surface area contributed by atoms with Crippen LogP contribution in [0, 0.1) is 5.82 Å². The van der Waals surface area contributed by atoms with Crippen molar-refractivity contribution in [3.8, 4) is 5.75 Å². The summed E-state index contributed by atoms with van der Waals surface area (Å²) in [6.45, 7) is -0.485. The van der Waals surface area contributed by atoms with E-state index in [1.807, 2.05) is 0 Å². The summed E-state index contributed by atoms with van der Waals surface area (Å²) in [6.07, 6.45) is 1.22. The Hall–Kier alpha value is -4.50. The van der Waals surface area contributed by atoms with Crippen molar-refractivity contribution >= 4 is 52.8 Å². The highest BCUT2D eigenvalue weighted by Gasteiger charge is 2.36. The highest BCUT2D eigenvalue weighted by molar-refractivity contribution is 6.39. The lowest BCUT2D eigenvalue weighted by Crippen LogP contribution is -2.54. The summed E-state index contributed by atoms with van der Waals surface area (Å²) in [5.74, 6) is -2.83. The Morgan fingerprint density at radius 1 is 1.03 bits per heavy atom. The van der Waals surface area contributed by atoms with Crippen molar-refractivity contribution in [1.29, 1.82) is 0 Å². The van der Waals surface area contributed by atoms with E-state index < -0.39 is 36.2 Å². The molecule has 176 valence electrons. The van der Waals surface area contributed by atoms with Gasteiger partial charge < -0.3 is 10.1 Å². The number of anilines is 2. The number of hydrogen-bond donors (Lipinski definition) is 2. The molecule has 10 heteroatoms. The fourth-order valence-corrected chi connectivity index (χ4v) is 3.46. The molecule has 1 saturated heterocycles. The molecule has 0 spiro atoms. The Kier molecular flexibility index (Phi) is 6.88. The summed E-state index contributed by atoms with van der Waals surface area (Å²) in [5.41, 5.74) is 0.156. The third-order valence-corrected chi connectivity index (χ3v) is 5.13. The Morgan fingerprint density at radius 2 is 1.74 bits per heavy atom. The van der Waals surface area contributed by atoms with Gasteiger partial charge in [-0.05, 0) is 48.5 Å². The topological polar surface area (TPSA) is 105 Å². The lowest BCUT2D eigenvalue weighted by molar-refractivity contribution is -0.122. The summed E-state index contributed by atoms with van der Waals surface area (Å²) in [7, 11) is 0. The van der Waals surface area contributed by atoms with E-state index in [1.165, 1.54) is 42.5 Å². The molecule has 0 aliphatic carbocycles. The number of para-hydroxylation sites is 2. The molecule has 0 aromatic heterocycles. The Morgan fingerprint density at radius 3 is 2.49 bits per heavy atom. The van der Waals surface area contributed by atoms with Gasteiger partial charge in [-0.25, -0.2) is 14.1 Å². The van der Waals surface area contributed by atoms with Gasteiger partial charge >= 0.3 is 6.03 Å². The zero-order chi connectivity index (χ0) is 24.9. The second-order valence-corrected chi connectivity index (χ2v) is 7.73. The highest BCUT2D eigenvalue weighted by atomic mass is 35.5. The number of ether oxygens (including phenoxy) is 1. The van der Waals surface area contributed by atoms with Crippen LogP contribution in [0.3, 0.4) is 0 Å². The van der Waals surface area contributed by atoms with Crippen LogP contribution in [-0.2, 0) is 14.4 Å². The maximum absolute atomic E-state index is 13.8. The fraction of sp³-hybridized carbons (Fsp3) is 0.0400. The van der Waals surface area contributed by atoms with Crippen LogP contribution < -0.4 is 20.3 Å². The van der Waals surface area contributed by atoms with Gasteiger partial charge in [-0.1, -0.05) is 41.9 Å². The van der Waals surface area contributed by atoms with Crippen molar-refractivity contribution in [2.75, 3.05) is 16.8 Å². The van der Waals surface area contributed by atoms with Crippen molar-refractivity contribution in [3.63, 3.8) is 0 Å². The molecule has 1 fully saturated rings. The second kappa shape index (κ2) is 10.2. The number of nitrogens with zero attached hydrogens (tertiary/aromatic N) is 1. The first-order valence-electron chi connectivity index (χ1n) is 10.3. The predicted molar refractivity (Wildman–Crippen MR) is 127 cm³/mol. The fourth-order valence-electron chi connectivity index (χ4n) is 3.28. The molecule has 0 unspecified atom stereocenters. The third-order valence-electron chi connectivity index (χ3n) is 4.89. The van der Waals surface area contributed by atoms with Crippen molar-refractivity contribution in [2.45, 2.75) is 0 Å². The van der Waals surface area contributed by atoms with Crippen LogP contribution in [0.5, 0.6) is 5.75 Å². The van der Waals surface area contributed by atoms with Gasteiger partial charge in [0.15, 0.2) is 6.61 Å². The van der Waals surface area contributed by atoms with Crippen LogP contribution in [0.15, 0.2) is 78.4 Å². The molecule has 0 atom stereocenters. The number of barbiturate groups is 1. The van der Waals surface area contributed by atoms with E-state index in [9.17, 15) is 23.6 Å². The van der Waals surface area contributed by atoms with Crippen molar-refractivity contribution in [2.24, 2.45) is 0 Å². The molecular weight excluding hydrogens is 477 g/mol. The number of carbonyl (C=O) groups is 4. The van der Waals surface area contributed by atoms with Gasteiger partial charge in [0.25, 0.3) is 17.7 Å². The maximum Gasteiger partial charge on any atom is 0.335 e. The normalized spacial score (nSPS) is 14.6. The number of nitrogens with one attached hydrogen (secondary N) is 2. The molecule has 3 aromatic carbocycles. The minimum absolute atomic E-state index is 0.00492. The number of benzene rings is 3. The van der Waals surface area contributed by atoms with E-state index in [4.69, 9.17) is 16.3 Å². The SMILES string of the molecule is O=C(COc1ccc(Cl)cc1/C=C1/C(=O)NC(=O)N(c2ccccc2)C1=O)Nc1ccccc1F. The van der Waals surface area contributed by atoms with E-state index >= 15 is 0 Å². The average Bonchev–Trinajstić information content (AvgIpc) is 2.83. The highest BCUT2D eigenvalue weighted by Crippen LogP contribution is 2.28. The average molecular weight is 494 g/mol. The Balaban J connectivity index is 1.58. The molecule has 8 nitrogen and oxygen atoms in total. The number of carbonyl (C=O) groups excluding carboxylic acids is 4. The van der Waals surface area contributed by atoms with Gasteiger partial charge in [-0.15, -0.1) is 0 Å². The summed E-state index contributed by atoms with van der Waals surface area (Å²) >= 11 is 6.09. The van der Waals surface area contributed by atoms with Crippen LogP contribution in [0.1, 0.15) is 5.56 Å². The molecule has 1 heterocycles. The first-order chi connectivity index (χ1) is 16.8. The summed E-state index contributed by atoms with van der Waals surface area (Å²) in [4.78, 5) is 50.9. The lowest BCUT2D eigenvalue weighted by Gasteiger charge is -2.26. The molecule has 0 saturated carbocycles. The van der Waals surface area contributed by atoms with Crippen molar-refractivity contribution in [3.05, 3.63) is 94.8 Å². The zero-order valence-corrected chi connectivity index (χ0v) is 18.7. The number of rotatable bonds is 6. The van der Waals surface area contributed by atoms with Crippen LogP contribution in [-0.4, -0.2) is 30.4 Å². The molecule has 1 aliphatic rings. The minimum atomic E-state index is -0.893. The number of imide groups is 2. The van der Waals surface area contributed by atoms with E-state index in [0.29, 0.717) is 0 Å². The molecule has 1 aliphatic heterocycles. The molecule has 4 rings (SSSR count). The summed E-state index contributed by atoms with van der Waals surface area (Å²) in [5, 5.41) is 4.80. The van der Waals surface area contributed by atoms with Gasteiger partial charge in [0.05, 0.1) is 11.4 Å². The first kappa shape index (κ1) is 23.7. The van der Waals surface area contributed by atoms with Crippen LogP contribution in [0.4, 0.5) is 20.6 Å². The van der Waals surface area contributed by atoms with Gasteiger partial charge in [0, 0.05) is 10.6 Å². The largest absolute Gasteiger partial charge is 0.483 e. The van der Waals surface area contributed by atoms with E-state index in [2.05, 4.69) is 10.6 Å². The third kappa shape index (κ3) is 5.36. The Bertz CT molecular complexity index is 1360. The van der Waals surface area contributed by atoms with E-state index in [-0.39, 0.29) is 33.3 Å². The van der Waals surface area contributed by atoms with E-state index in [0.717, 1.165) is 4.90 Å². The number of amides is 5. The predicted octanol–water partition coefficient (Wildman–Crippen LogP) is 4.16. The lowest BCUT2D eigenvalue weighted by atomic mass is 10.1. The monoisotopic (exact) mass is 493 g/mol. The summed E-state index contributed by atoms with van der Waals surface area (Å²) in [6, 6.07) is 17.3. The molecular formula is C25H17ClFN3O5. The van der Waals surface area contributed by atoms with Crippen LogP contribution in [0.2, 0.25) is 5.02 Å². The summed E-state index contributed by atoms with van der Waals surface area (Å²) < 4.78 is 19.3. The quantitative estimate of drug-likeness (QED) is 0.396.